The number of para-hydroxylation sites is 1. The lowest BCUT2D eigenvalue weighted by Gasteiger charge is -2.08. The lowest BCUT2D eigenvalue weighted by atomic mass is 10.1. The number of fused-ring (bicyclic) bond motifs is 1. The third kappa shape index (κ3) is 5.06. The van der Waals surface area contributed by atoms with Gasteiger partial charge in [0.1, 0.15) is 11.3 Å². The van der Waals surface area contributed by atoms with Crippen LogP contribution in [-0.2, 0) is 0 Å². The zero-order chi connectivity index (χ0) is 26.1. The molecule has 5 aromatic rings. The van der Waals surface area contributed by atoms with Crippen LogP contribution in [0, 0.1) is 17.0 Å². The molecule has 0 saturated carbocycles. The van der Waals surface area contributed by atoms with Crippen molar-refractivity contribution in [3.05, 3.63) is 99.3 Å². The minimum atomic E-state index is -0.610. The van der Waals surface area contributed by atoms with Gasteiger partial charge in [0.25, 0.3) is 11.6 Å². The number of amides is 1. The van der Waals surface area contributed by atoms with Gasteiger partial charge in [-0.25, -0.2) is 4.98 Å². The predicted molar refractivity (Wildman–Crippen MR) is 144 cm³/mol. The van der Waals surface area contributed by atoms with E-state index < -0.39 is 10.8 Å². The molecule has 0 aliphatic heterocycles. The number of aromatic nitrogens is 1. The topological polar surface area (TPSA) is 123 Å². The maximum absolute atomic E-state index is 12.6. The molecule has 0 bridgehead atoms. The Labute approximate surface area is 220 Å². The molecule has 0 saturated heterocycles. The largest absolute Gasteiger partial charge is 0.451 e. The average molecular weight is 533 g/mol. The molecule has 37 heavy (non-hydrogen) atoms. The molecule has 0 fully saturated rings. The van der Waals surface area contributed by atoms with Gasteiger partial charge in [0.15, 0.2) is 16.5 Å². The van der Waals surface area contributed by atoms with Gasteiger partial charge in [-0.15, -0.1) is 0 Å². The molecule has 0 spiro atoms. The maximum atomic E-state index is 12.6. The first-order chi connectivity index (χ1) is 17.8. The van der Waals surface area contributed by atoms with E-state index in [9.17, 15) is 14.9 Å². The molecule has 5 rings (SSSR count). The molecule has 11 heteroatoms. The van der Waals surface area contributed by atoms with E-state index >= 15 is 0 Å². The highest BCUT2D eigenvalue weighted by Crippen LogP contribution is 2.32. The van der Waals surface area contributed by atoms with Crippen LogP contribution in [0.2, 0.25) is 5.02 Å². The smallest absolute Gasteiger partial charge is 0.293 e. The summed E-state index contributed by atoms with van der Waals surface area (Å²) in [6.07, 6.45) is 0. The van der Waals surface area contributed by atoms with Crippen LogP contribution in [0.5, 0.6) is 0 Å². The number of carbonyl (C=O) groups excluding carboxylic acids is 1. The van der Waals surface area contributed by atoms with Gasteiger partial charge >= 0.3 is 0 Å². The molecule has 1 amide bonds. The van der Waals surface area contributed by atoms with Crippen molar-refractivity contribution in [1.82, 2.24) is 10.3 Å². The summed E-state index contributed by atoms with van der Waals surface area (Å²) in [5.74, 6) is -0.0809. The number of anilines is 1. The van der Waals surface area contributed by atoms with E-state index in [2.05, 4.69) is 15.6 Å². The summed E-state index contributed by atoms with van der Waals surface area (Å²) in [5.41, 5.74) is 3.55. The fourth-order valence-corrected chi connectivity index (χ4v) is 4.21. The molecule has 0 unspecified atom stereocenters. The second kappa shape index (κ2) is 9.84. The number of thiocarbonyl (C=S) groups is 1. The number of benzene rings is 3. The fraction of sp³-hybridized carbons (Fsp3) is 0.0385. The highest BCUT2D eigenvalue weighted by molar-refractivity contribution is 7.80. The predicted octanol–water partition coefficient (Wildman–Crippen LogP) is 6.75. The Hall–Kier alpha value is -4.54. The first-order valence-corrected chi connectivity index (χ1v) is 11.7. The second-order valence-corrected chi connectivity index (χ2v) is 8.85. The van der Waals surface area contributed by atoms with Crippen molar-refractivity contribution in [1.29, 1.82) is 0 Å². The Bertz CT molecular complexity index is 1690. The van der Waals surface area contributed by atoms with Crippen LogP contribution in [0.1, 0.15) is 16.1 Å². The number of halogens is 1. The molecule has 0 atom stereocenters. The van der Waals surface area contributed by atoms with Crippen LogP contribution in [0.15, 0.2) is 81.6 Å². The van der Waals surface area contributed by atoms with Gasteiger partial charge in [-0.3, -0.25) is 20.2 Å². The standard InChI is InChI=1S/C26H17ClN4O5S/c1-14-6-8-16(18(27)12-14)25-29-19-13-15(7-9-22(19)36-25)28-26(37)30-24(32)23-11-10-21(35-23)17-4-2-3-5-20(17)31(33)34/h2-13H,1H3,(H2,28,30,32,37). The quantitative estimate of drug-likeness (QED) is 0.145. The molecule has 184 valence electrons. The number of hydrogen-bond acceptors (Lipinski definition) is 7. The van der Waals surface area contributed by atoms with Crippen LogP contribution in [0.4, 0.5) is 11.4 Å². The summed E-state index contributed by atoms with van der Waals surface area (Å²) in [5, 5.41) is 17.3. The highest BCUT2D eigenvalue weighted by Gasteiger charge is 2.20. The maximum Gasteiger partial charge on any atom is 0.293 e. The lowest BCUT2D eigenvalue weighted by Crippen LogP contribution is -2.33. The van der Waals surface area contributed by atoms with Crippen molar-refractivity contribution >= 4 is 57.3 Å². The molecule has 0 aliphatic carbocycles. The van der Waals surface area contributed by atoms with Gasteiger partial charge in [0.05, 0.1) is 21.1 Å². The first-order valence-electron chi connectivity index (χ1n) is 10.9. The van der Waals surface area contributed by atoms with Gasteiger partial charge < -0.3 is 14.2 Å². The van der Waals surface area contributed by atoms with Crippen molar-refractivity contribution in [2.75, 3.05) is 5.32 Å². The number of carbonyl (C=O) groups is 1. The second-order valence-electron chi connectivity index (χ2n) is 8.03. The third-order valence-corrected chi connectivity index (χ3v) is 5.94. The number of nitro benzene ring substituents is 1. The molecular formula is C26H17ClN4O5S. The number of nitrogens with one attached hydrogen (secondary N) is 2. The minimum Gasteiger partial charge on any atom is -0.451 e. The van der Waals surface area contributed by atoms with Gasteiger partial charge in [0, 0.05) is 11.8 Å². The SMILES string of the molecule is Cc1ccc(-c2nc3cc(NC(=S)NC(=O)c4ccc(-c5ccccc5[N+](=O)[O-])o4)ccc3o2)c(Cl)c1. The van der Waals surface area contributed by atoms with Gasteiger partial charge in [0.2, 0.25) is 5.89 Å². The third-order valence-electron chi connectivity index (χ3n) is 5.42. The lowest BCUT2D eigenvalue weighted by molar-refractivity contribution is -0.384. The van der Waals surface area contributed by atoms with E-state index in [0.29, 0.717) is 33.3 Å². The average Bonchev–Trinajstić information content (AvgIpc) is 3.51. The van der Waals surface area contributed by atoms with E-state index in [1.54, 1.807) is 36.4 Å². The Morgan fingerprint density at radius 2 is 1.84 bits per heavy atom. The van der Waals surface area contributed by atoms with E-state index in [4.69, 9.17) is 32.7 Å². The Morgan fingerprint density at radius 1 is 1.03 bits per heavy atom. The van der Waals surface area contributed by atoms with Crippen molar-refractivity contribution in [2.45, 2.75) is 6.92 Å². The number of rotatable bonds is 5. The van der Waals surface area contributed by atoms with Crippen LogP contribution < -0.4 is 10.6 Å². The Morgan fingerprint density at radius 3 is 2.62 bits per heavy atom. The number of nitrogens with zero attached hydrogens (tertiary/aromatic N) is 2. The zero-order valence-corrected chi connectivity index (χ0v) is 20.7. The fourth-order valence-electron chi connectivity index (χ4n) is 3.69. The zero-order valence-electron chi connectivity index (χ0n) is 19.2. The summed E-state index contributed by atoms with van der Waals surface area (Å²) >= 11 is 11.6. The summed E-state index contributed by atoms with van der Waals surface area (Å²) in [6, 6.07) is 19.8. The van der Waals surface area contributed by atoms with E-state index in [-0.39, 0.29) is 27.9 Å². The highest BCUT2D eigenvalue weighted by atomic mass is 35.5. The van der Waals surface area contributed by atoms with Crippen LogP contribution >= 0.6 is 23.8 Å². The molecule has 3 aromatic carbocycles. The van der Waals surface area contributed by atoms with Gasteiger partial charge in [-0.05, 0) is 73.2 Å². The Kier molecular flexibility index (Phi) is 6.43. The number of nitro groups is 1. The number of hydrogen-bond donors (Lipinski definition) is 2. The molecule has 9 nitrogen and oxygen atoms in total. The van der Waals surface area contributed by atoms with E-state index in [1.165, 1.54) is 18.2 Å². The molecule has 2 aromatic heterocycles. The molecule has 0 aliphatic rings. The van der Waals surface area contributed by atoms with Crippen molar-refractivity contribution in [2.24, 2.45) is 0 Å². The number of aryl methyl sites for hydroxylation is 1. The minimum absolute atomic E-state index is 0.0262. The molecule has 2 N–H and O–H groups in total. The van der Waals surface area contributed by atoms with Crippen LogP contribution in [0.25, 0.3) is 33.9 Å². The number of oxazole rings is 1. The van der Waals surface area contributed by atoms with Crippen LogP contribution in [0.3, 0.4) is 0 Å². The summed E-state index contributed by atoms with van der Waals surface area (Å²) in [6.45, 7) is 1.95. The van der Waals surface area contributed by atoms with E-state index in [0.717, 1.165) is 5.56 Å². The molecule has 2 heterocycles. The molecule has 0 radical (unpaired) electrons. The first kappa shape index (κ1) is 24.2. The summed E-state index contributed by atoms with van der Waals surface area (Å²) < 4.78 is 11.4. The van der Waals surface area contributed by atoms with Crippen molar-refractivity contribution < 1.29 is 18.6 Å². The summed E-state index contributed by atoms with van der Waals surface area (Å²) in [7, 11) is 0. The van der Waals surface area contributed by atoms with E-state index in [1.807, 2.05) is 25.1 Å². The normalized spacial score (nSPS) is 10.9. The van der Waals surface area contributed by atoms with Gasteiger partial charge in [-0.2, -0.15) is 0 Å². The Balaban J connectivity index is 1.28. The summed E-state index contributed by atoms with van der Waals surface area (Å²) in [4.78, 5) is 27.9. The van der Waals surface area contributed by atoms with Crippen LogP contribution in [-0.4, -0.2) is 20.9 Å². The molecular weight excluding hydrogens is 516 g/mol. The van der Waals surface area contributed by atoms with Gasteiger partial charge in [-0.1, -0.05) is 29.8 Å². The number of furan rings is 1. The monoisotopic (exact) mass is 532 g/mol. The van der Waals surface area contributed by atoms with Crippen molar-refractivity contribution in [3.63, 3.8) is 0 Å². The van der Waals surface area contributed by atoms with Crippen molar-refractivity contribution in [3.8, 4) is 22.8 Å².